The number of pyridine rings is 1. The fraction of sp³-hybridized carbons (Fsp3) is 0.583. The summed E-state index contributed by atoms with van der Waals surface area (Å²) in [6.07, 6.45) is 7.12. The highest BCUT2D eigenvalue weighted by Crippen LogP contribution is 2.29. The first-order valence-electron chi connectivity index (χ1n) is 5.69. The van der Waals surface area contributed by atoms with Gasteiger partial charge in [0.2, 0.25) is 0 Å². The lowest BCUT2D eigenvalue weighted by Crippen LogP contribution is -2.45. The molecule has 16 heavy (non-hydrogen) atoms. The summed E-state index contributed by atoms with van der Waals surface area (Å²) in [5.74, 6) is -0.316. The van der Waals surface area contributed by atoms with E-state index < -0.39 is 0 Å². The zero-order valence-electron chi connectivity index (χ0n) is 9.25. The highest BCUT2D eigenvalue weighted by atomic mass is 19.1. The minimum atomic E-state index is -0.316. The largest absolute Gasteiger partial charge is 0.394 e. The molecule has 1 aromatic rings. The van der Waals surface area contributed by atoms with Gasteiger partial charge in [-0.15, -0.1) is 0 Å². The second-order valence-electron chi connectivity index (χ2n) is 4.51. The Kier molecular flexibility index (Phi) is 3.51. The predicted octanol–water partition coefficient (Wildman–Crippen LogP) is 1.62. The lowest BCUT2D eigenvalue weighted by molar-refractivity contribution is 0.163. The molecule has 2 rings (SSSR count). The van der Waals surface area contributed by atoms with Crippen molar-refractivity contribution in [1.82, 2.24) is 10.3 Å². The monoisotopic (exact) mass is 224 g/mol. The number of halogens is 1. The summed E-state index contributed by atoms with van der Waals surface area (Å²) >= 11 is 0. The van der Waals surface area contributed by atoms with Crippen LogP contribution in [0.5, 0.6) is 0 Å². The maximum Gasteiger partial charge on any atom is 0.141 e. The molecule has 0 spiro atoms. The molecule has 1 heterocycles. The van der Waals surface area contributed by atoms with Gasteiger partial charge in [0.25, 0.3) is 0 Å². The van der Waals surface area contributed by atoms with Crippen LogP contribution in [0.2, 0.25) is 0 Å². The van der Waals surface area contributed by atoms with Crippen molar-refractivity contribution in [3.8, 4) is 0 Å². The van der Waals surface area contributed by atoms with Crippen molar-refractivity contribution >= 4 is 0 Å². The molecule has 0 radical (unpaired) electrons. The second kappa shape index (κ2) is 4.89. The van der Waals surface area contributed by atoms with Crippen LogP contribution in [0.15, 0.2) is 18.5 Å². The molecule has 1 fully saturated rings. The van der Waals surface area contributed by atoms with Gasteiger partial charge in [0.15, 0.2) is 0 Å². The number of nitrogens with zero attached hydrogens (tertiary/aromatic N) is 1. The molecule has 0 bridgehead atoms. The lowest BCUT2D eigenvalue weighted by Gasteiger charge is -2.28. The number of rotatable bonds is 4. The van der Waals surface area contributed by atoms with E-state index in [1.165, 1.54) is 12.3 Å². The van der Waals surface area contributed by atoms with Crippen LogP contribution < -0.4 is 5.32 Å². The van der Waals surface area contributed by atoms with Crippen molar-refractivity contribution in [2.24, 2.45) is 0 Å². The molecule has 1 saturated carbocycles. The fourth-order valence-electron chi connectivity index (χ4n) is 2.28. The van der Waals surface area contributed by atoms with Gasteiger partial charge in [-0.3, -0.25) is 4.98 Å². The van der Waals surface area contributed by atoms with Gasteiger partial charge in [-0.05, 0) is 24.5 Å². The Morgan fingerprint density at radius 1 is 1.38 bits per heavy atom. The molecule has 1 aliphatic carbocycles. The molecule has 0 aromatic carbocycles. The van der Waals surface area contributed by atoms with Crippen molar-refractivity contribution in [1.29, 1.82) is 0 Å². The number of aliphatic hydroxyl groups is 1. The summed E-state index contributed by atoms with van der Waals surface area (Å²) in [7, 11) is 0. The third kappa shape index (κ3) is 2.57. The van der Waals surface area contributed by atoms with Gasteiger partial charge in [-0.2, -0.15) is 0 Å². The fourth-order valence-corrected chi connectivity index (χ4v) is 2.28. The lowest BCUT2D eigenvalue weighted by atomic mass is 9.98. The predicted molar refractivity (Wildman–Crippen MR) is 59.3 cm³/mol. The average molecular weight is 224 g/mol. The van der Waals surface area contributed by atoms with Crippen molar-refractivity contribution < 1.29 is 9.50 Å². The van der Waals surface area contributed by atoms with Crippen molar-refractivity contribution in [3.63, 3.8) is 0 Å². The van der Waals surface area contributed by atoms with E-state index in [4.69, 9.17) is 0 Å². The van der Waals surface area contributed by atoms with Gasteiger partial charge in [-0.1, -0.05) is 12.8 Å². The van der Waals surface area contributed by atoms with Gasteiger partial charge < -0.3 is 10.4 Å². The minimum absolute atomic E-state index is 0.149. The van der Waals surface area contributed by atoms with E-state index in [9.17, 15) is 9.50 Å². The van der Waals surface area contributed by atoms with Gasteiger partial charge in [0, 0.05) is 18.3 Å². The van der Waals surface area contributed by atoms with E-state index in [0.29, 0.717) is 6.54 Å². The molecule has 1 aromatic heterocycles. The van der Waals surface area contributed by atoms with E-state index in [2.05, 4.69) is 10.3 Å². The van der Waals surface area contributed by atoms with Crippen LogP contribution in [-0.4, -0.2) is 22.2 Å². The number of hydrogen-bond donors (Lipinski definition) is 2. The van der Waals surface area contributed by atoms with Crippen LogP contribution in [0.3, 0.4) is 0 Å². The first-order chi connectivity index (χ1) is 7.74. The number of hydrogen-bond acceptors (Lipinski definition) is 3. The molecule has 0 aliphatic heterocycles. The molecule has 0 atom stereocenters. The van der Waals surface area contributed by atoms with Crippen LogP contribution in [0.4, 0.5) is 4.39 Å². The highest BCUT2D eigenvalue weighted by molar-refractivity contribution is 5.10. The molecule has 0 amide bonds. The third-order valence-electron chi connectivity index (χ3n) is 3.29. The Labute approximate surface area is 94.7 Å². The Morgan fingerprint density at radius 2 is 2.12 bits per heavy atom. The summed E-state index contributed by atoms with van der Waals surface area (Å²) in [6, 6.07) is 1.47. The first kappa shape index (κ1) is 11.5. The molecule has 0 saturated heterocycles. The molecule has 0 unspecified atom stereocenters. The van der Waals surface area contributed by atoms with Crippen LogP contribution in [-0.2, 0) is 6.54 Å². The summed E-state index contributed by atoms with van der Waals surface area (Å²) in [6.45, 7) is 0.709. The normalized spacial score (nSPS) is 18.9. The Hall–Kier alpha value is -1.00. The van der Waals surface area contributed by atoms with Gasteiger partial charge in [-0.25, -0.2) is 4.39 Å². The highest BCUT2D eigenvalue weighted by Gasteiger charge is 2.32. The summed E-state index contributed by atoms with van der Waals surface area (Å²) < 4.78 is 12.9. The molecule has 88 valence electrons. The maximum atomic E-state index is 12.9. The van der Waals surface area contributed by atoms with E-state index in [-0.39, 0.29) is 18.0 Å². The topological polar surface area (TPSA) is 45.1 Å². The van der Waals surface area contributed by atoms with Gasteiger partial charge in [0.1, 0.15) is 5.82 Å². The second-order valence-corrected chi connectivity index (χ2v) is 4.51. The molecular weight excluding hydrogens is 207 g/mol. The number of aromatic nitrogens is 1. The summed E-state index contributed by atoms with van der Waals surface area (Å²) in [4.78, 5) is 3.80. The Balaban J connectivity index is 1.95. The zero-order valence-corrected chi connectivity index (χ0v) is 9.25. The number of aliphatic hydroxyl groups excluding tert-OH is 1. The van der Waals surface area contributed by atoms with E-state index >= 15 is 0 Å². The van der Waals surface area contributed by atoms with E-state index in [0.717, 1.165) is 31.2 Å². The van der Waals surface area contributed by atoms with Crippen LogP contribution in [0.25, 0.3) is 0 Å². The van der Waals surface area contributed by atoms with Crippen molar-refractivity contribution in [2.75, 3.05) is 6.61 Å². The molecule has 3 nitrogen and oxygen atoms in total. The molecule has 1 aliphatic rings. The standard InChI is InChI=1S/C12H17FN2O/c13-11-5-10(6-14-8-11)7-15-12(9-16)3-1-2-4-12/h5-6,8,15-16H,1-4,7,9H2. The Bertz CT molecular complexity index is 351. The van der Waals surface area contributed by atoms with E-state index in [1.807, 2.05) is 0 Å². The first-order valence-corrected chi connectivity index (χ1v) is 5.69. The van der Waals surface area contributed by atoms with E-state index in [1.54, 1.807) is 6.20 Å². The maximum absolute atomic E-state index is 12.9. The van der Waals surface area contributed by atoms with Gasteiger partial charge >= 0.3 is 0 Å². The van der Waals surface area contributed by atoms with Crippen LogP contribution >= 0.6 is 0 Å². The quantitative estimate of drug-likeness (QED) is 0.816. The molecular formula is C12H17FN2O. The minimum Gasteiger partial charge on any atom is -0.394 e. The Morgan fingerprint density at radius 3 is 2.75 bits per heavy atom. The van der Waals surface area contributed by atoms with Gasteiger partial charge in [0.05, 0.1) is 12.8 Å². The smallest absolute Gasteiger partial charge is 0.141 e. The van der Waals surface area contributed by atoms with Crippen molar-refractivity contribution in [2.45, 2.75) is 37.8 Å². The summed E-state index contributed by atoms with van der Waals surface area (Å²) in [5, 5.41) is 12.7. The molecule has 2 N–H and O–H groups in total. The molecule has 4 heteroatoms. The van der Waals surface area contributed by atoms with Crippen molar-refractivity contribution in [3.05, 3.63) is 29.8 Å². The number of nitrogens with one attached hydrogen (secondary N) is 1. The zero-order chi connectivity index (χ0) is 11.4. The van der Waals surface area contributed by atoms with Crippen LogP contribution in [0.1, 0.15) is 31.2 Å². The third-order valence-corrected chi connectivity index (χ3v) is 3.29. The van der Waals surface area contributed by atoms with Crippen LogP contribution in [0, 0.1) is 5.82 Å². The SMILES string of the molecule is OCC1(NCc2cncc(F)c2)CCCC1. The summed E-state index contributed by atoms with van der Waals surface area (Å²) in [5.41, 5.74) is 0.659. The average Bonchev–Trinajstić information content (AvgIpc) is 2.76.